The first-order chi connectivity index (χ1) is 13.6. The number of hydrogen-bond donors (Lipinski definition) is 0. The maximum absolute atomic E-state index is 12.4. The molecule has 11 heteroatoms. The molecular formula is C18H21F3N4O3S. The maximum Gasteiger partial charge on any atom is 0.390 e. The topological polar surface area (TPSA) is 75.6 Å². The third-order valence-corrected chi connectivity index (χ3v) is 6.24. The molecule has 0 N–H and O–H groups in total. The molecule has 1 aromatic heterocycles. The summed E-state index contributed by atoms with van der Waals surface area (Å²) in [6.07, 6.45) is -5.84. The Hall–Kier alpha value is -2.40. The minimum absolute atomic E-state index is 0.0954. The summed E-state index contributed by atoms with van der Waals surface area (Å²) in [6.45, 7) is 2.54. The van der Waals surface area contributed by atoms with Crippen molar-refractivity contribution in [1.29, 1.82) is 0 Å². The first-order valence-corrected chi connectivity index (χ1v) is 10.6. The highest BCUT2D eigenvalue weighted by atomic mass is 32.2. The minimum Gasteiger partial charge on any atom is -0.439 e. The van der Waals surface area contributed by atoms with E-state index in [0.717, 1.165) is 4.31 Å². The van der Waals surface area contributed by atoms with Crippen molar-refractivity contribution in [3.05, 3.63) is 42.2 Å². The van der Waals surface area contributed by atoms with Gasteiger partial charge in [0.1, 0.15) is 17.4 Å². The van der Waals surface area contributed by atoms with E-state index >= 15 is 0 Å². The molecule has 1 aromatic carbocycles. The predicted octanol–water partition coefficient (Wildman–Crippen LogP) is 2.98. The Morgan fingerprint density at radius 3 is 2.34 bits per heavy atom. The van der Waals surface area contributed by atoms with Gasteiger partial charge in [-0.25, -0.2) is 13.4 Å². The fourth-order valence-corrected chi connectivity index (χ4v) is 4.39. The molecule has 158 valence electrons. The highest BCUT2D eigenvalue weighted by molar-refractivity contribution is 7.89. The van der Waals surface area contributed by atoms with Crippen LogP contribution in [-0.2, 0) is 10.0 Å². The number of sulfonamides is 1. The Balaban J connectivity index is 1.65. The molecule has 2 heterocycles. The summed E-state index contributed by atoms with van der Waals surface area (Å²) in [7, 11) is -3.95. The molecule has 0 unspecified atom stereocenters. The maximum atomic E-state index is 12.4. The van der Waals surface area contributed by atoms with Crippen molar-refractivity contribution < 1.29 is 26.3 Å². The van der Waals surface area contributed by atoms with Crippen LogP contribution in [0, 0.1) is 6.92 Å². The standard InChI is InChI=1S/C18H21F3N4O3S/c1-14-22-16(13-17(23-14)28-15-5-3-2-4-6-15)24-8-10-25(11-9-24)29(26,27)12-7-18(19,20)21/h2-6,13H,7-12H2,1H3. The Kier molecular flexibility index (Phi) is 6.27. The van der Waals surface area contributed by atoms with Crippen molar-refractivity contribution in [2.24, 2.45) is 0 Å². The van der Waals surface area contributed by atoms with Crippen LogP contribution < -0.4 is 9.64 Å². The summed E-state index contributed by atoms with van der Waals surface area (Å²) in [5.74, 6) is 1.12. The molecule has 0 radical (unpaired) electrons. The van der Waals surface area contributed by atoms with Gasteiger partial charge < -0.3 is 9.64 Å². The zero-order chi connectivity index (χ0) is 21.1. The average molecular weight is 430 g/mol. The minimum atomic E-state index is -4.50. The number of hydrogen-bond acceptors (Lipinski definition) is 6. The molecule has 3 rings (SSSR count). The van der Waals surface area contributed by atoms with E-state index in [2.05, 4.69) is 9.97 Å². The quantitative estimate of drug-likeness (QED) is 0.702. The molecule has 7 nitrogen and oxygen atoms in total. The summed E-state index contributed by atoms with van der Waals surface area (Å²) in [5.41, 5.74) is 0. The van der Waals surface area contributed by atoms with Gasteiger partial charge in [-0.2, -0.15) is 22.5 Å². The second kappa shape index (κ2) is 8.54. The number of aromatic nitrogens is 2. The molecule has 1 saturated heterocycles. The normalized spacial score (nSPS) is 16.1. The largest absolute Gasteiger partial charge is 0.439 e. The van der Waals surface area contributed by atoms with Crippen molar-refractivity contribution in [3.63, 3.8) is 0 Å². The molecule has 2 aromatic rings. The Bertz CT molecular complexity index is 931. The number of aryl methyl sites for hydroxylation is 1. The summed E-state index contributed by atoms with van der Waals surface area (Å²) in [4.78, 5) is 10.5. The molecule has 0 bridgehead atoms. The number of para-hydroxylation sites is 1. The number of ether oxygens (including phenoxy) is 1. The fraction of sp³-hybridized carbons (Fsp3) is 0.444. The molecule has 1 aliphatic rings. The van der Waals surface area contributed by atoms with Crippen LogP contribution in [0.2, 0.25) is 0 Å². The number of anilines is 1. The summed E-state index contributed by atoms with van der Waals surface area (Å²) in [6, 6.07) is 10.8. The van der Waals surface area contributed by atoms with Crippen LogP contribution in [0.5, 0.6) is 11.6 Å². The third kappa shape index (κ3) is 6.04. The van der Waals surface area contributed by atoms with Crippen molar-refractivity contribution in [1.82, 2.24) is 14.3 Å². The number of piperazine rings is 1. The predicted molar refractivity (Wildman–Crippen MR) is 102 cm³/mol. The smallest absolute Gasteiger partial charge is 0.390 e. The second-order valence-electron chi connectivity index (χ2n) is 6.59. The lowest BCUT2D eigenvalue weighted by Gasteiger charge is -2.34. The van der Waals surface area contributed by atoms with Crippen molar-refractivity contribution in [2.45, 2.75) is 19.5 Å². The molecule has 1 fully saturated rings. The number of benzene rings is 1. The SMILES string of the molecule is Cc1nc(Oc2ccccc2)cc(N2CCN(S(=O)(=O)CCC(F)(F)F)CC2)n1. The Labute approximate surface area is 167 Å². The third-order valence-electron chi connectivity index (χ3n) is 4.37. The van der Waals surface area contributed by atoms with Gasteiger partial charge in [0.05, 0.1) is 12.2 Å². The first kappa shape index (κ1) is 21.3. The molecule has 0 amide bonds. The fourth-order valence-electron chi connectivity index (χ4n) is 2.92. The summed E-state index contributed by atoms with van der Waals surface area (Å²) >= 11 is 0. The molecule has 0 atom stereocenters. The number of alkyl halides is 3. The molecule has 0 spiro atoms. The van der Waals surface area contributed by atoms with E-state index in [9.17, 15) is 21.6 Å². The van der Waals surface area contributed by atoms with E-state index in [1.165, 1.54) is 0 Å². The molecule has 29 heavy (non-hydrogen) atoms. The van der Waals surface area contributed by atoms with E-state index in [1.54, 1.807) is 25.1 Å². The molecule has 0 aliphatic carbocycles. The van der Waals surface area contributed by atoms with Crippen LogP contribution in [0.25, 0.3) is 0 Å². The van der Waals surface area contributed by atoms with Gasteiger partial charge in [-0.3, -0.25) is 0 Å². The lowest BCUT2D eigenvalue weighted by atomic mass is 10.3. The molecular weight excluding hydrogens is 409 g/mol. The zero-order valence-electron chi connectivity index (χ0n) is 15.8. The number of rotatable bonds is 6. The van der Waals surface area contributed by atoms with Crippen molar-refractivity contribution >= 4 is 15.8 Å². The first-order valence-electron chi connectivity index (χ1n) is 9.00. The van der Waals surface area contributed by atoms with Gasteiger partial charge in [0.15, 0.2) is 0 Å². The number of nitrogens with zero attached hydrogens (tertiary/aromatic N) is 4. The van der Waals surface area contributed by atoms with Gasteiger partial charge in [-0.1, -0.05) is 18.2 Å². The van der Waals surface area contributed by atoms with E-state index in [1.807, 2.05) is 23.1 Å². The van der Waals surface area contributed by atoms with E-state index in [4.69, 9.17) is 4.74 Å². The van der Waals surface area contributed by atoms with Crippen LogP contribution >= 0.6 is 0 Å². The van der Waals surface area contributed by atoms with Crippen molar-refractivity contribution in [3.8, 4) is 11.6 Å². The van der Waals surface area contributed by atoms with Crippen LogP contribution in [0.3, 0.4) is 0 Å². The monoisotopic (exact) mass is 430 g/mol. The van der Waals surface area contributed by atoms with Gasteiger partial charge >= 0.3 is 6.18 Å². The van der Waals surface area contributed by atoms with E-state index in [0.29, 0.717) is 36.4 Å². The Morgan fingerprint density at radius 1 is 1.07 bits per heavy atom. The van der Waals surface area contributed by atoms with Gasteiger partial charge in [0.2, 0.25) is 15.9 Å². The lowest BCUT2D eigenvalue weighted by molar-refractivity contribution is -0.130. The summed E-state index contributed by atoms with van der Waals surface area (Å²) in [5, 5.41) is 0. The van der Waals surface area contributed by atoms with Gasteiger partial charge in [0, 0.05) is 32.2 Å². The second-order valence-corrected chi connectivity index (χ2v) is 8.68. The van der Waals surface area contributed by atoms with E-state index < -0.39 is 28.4 Å². The van der Waals surface area contributed by atoms with Crippen LogP contribution in [0.1, 0.15) is 12.2 Å². The summed E-state index contributed by atoms with van der Waals surface area (Å²) < 4.78 is 68.2. The highest BCUT2D eigenvalue weighted by Crippen LogP contribution is 2.25. The van der Waals surface area contributed by atoms with Crippen LogP contribution in [0.15, 0.2) is 36.4 Å². The highest BCUT2D eigenvalue weighted by Gasteiger charge is 2.34. The average Bonchev–Trinajstić information content (AvgIpc) is 2.66. The van der Waals surface area contributed by atoms with Crippen molar-refractivity contribution in [2.75, 3.05) is 36.8 Å². The van der Waals surface area contributed by atoms with Crippen LogP contribution in [-0.4, -0.2) is 60.8 Å². The number of halogens is 3. The van der Waals surface area contributed by atoms with Gasteiger partial charge in [0.25, 0.3) is 0 Å². The van der Waals surface area contributed by atoms with E-state index in [-0.39, 0.29) is 13.1 Å². The van der Waals surface area contributed by atoms with Gasteiger partial charge in [-0.15, -0.1) is 0 Å². The Morgan fingerprint density at radius 2 is 1.72 bits per heavy atom. The molecule has 0 saturated carbocycles. The van der Waals surface area contributed by atoms with Crippen LogP contribution in [0.4, 0.5) is 19.0 Å². The lowest BCUT2D eigenvalue weighted by Crippen LogP contribution is -2.49. The van der Waals surface area contributed by atoms with Gasteiger partial charge in [-0.05, 0) is 19.1 Å². The molecule has 1 aliphatic heterocycles. The zero-order valence-corrected chi connectivity index (χ0v) is 16.6.